The van der Waals surface area contributed by atoms with Gasteiger partial charge in [0, 0.05) is 0 Å². The van der Waals surface area contributed by atoms with Gasteiger partial charge in [0.1, 0.15) is 11.8 Å². The lowest BCUT2D eigenvalue weighted by Gasteiger charge is -2.10. The van der Waals surface area contributed by atoms with E-state index < -0.39 is 24.0 Å². The monoisotopic (exact) mass is 275 g/mol. The van der Waals surface area contributed by atoms with Crippen molar-refractivity contribution < 1.29 is 21.7 Å². The third-order valence-corrected chi connectivity index (χ3v) is 3.39. The predicted molar refractivity (Wildman–Crippen MR) is 61.4 cm³/mol. The first kappa shape index (κ1) is 13.7. The molecule has 6 nitrogen and oxygen atoms in total. The van der Waals surface area contributed by atoms with Crippen LogP contribution in [0.15, 0.2) is 30.3 Å². The molecule has 1 aromatic rings. The van der Waals surface area contributed by atoms with E-state index in [-0.39, 0.29) is 5.75 Å². The molecule has 0 fully saturated rings. The SMILES string of the molecule is CS(=O)(=O)OC(C#N)[PH](=O)Oc1ccccc1. The summed E-state index contributed by atoms with van der Waals surface area (Å²) in [5.74, 6) is -1.33. The molecule has 0 aliphatic carbocycles. The van der Waals surface area contributed by atoms with Crippen molar-refractivity contribution >= 4 is 18.1 Å². The fourth-order valence-electron chi connectivity index (χ4n) is 0.947. The average molecular weight is 275 g/mol. The summed E-state index contributed by atoms with van der Waals surface area (Å²) in [4.78, 5) is 0. The Balaban J connectivity index is 2.73. The molecule has 0 radical (unpaired) electrons. The largest absolute Gasteiger partial charge is 0.442 e. The molecule has 1 aromatic carbocycles. The van der Waals surface area contributed by atoms with Gasteiger partial charge in [0.2, 0.25) is 5.85 Å². The first-order valence-corrected chi connectivity index (χ1v) is 7.68. The van der Waals surface area contributed by atoms with Gasteiger partial charge in [-0.05, 0) is 12.1 Å². The number of nitriles is 1. The summed E-state index contributed by atoms with van der Waals surface area (Å²) in [6.45, 7) is 0. The van der Waals surface area contributed by atoms with Gasteiger partial charge in [0.05, 0.1) is 6.26 Å². The Bertz CT molecular complexity index is 536. The normalized spacial score (nSPS) is 14.6. The summed E-state index contributed by atoms with van der Waals surface area (Å²) in [5, 5.41) is 8.64. The van der Waals surface area contributed by atoms with Crippen LogP contribution in [0.3, 0.4) is 0 Å². The Morgan fingerprint density at radius 3 is 2.41 bits per heavy atom. The molecular weight excluding hydrogens is 265 g/mol. The molecule has 0 bridgehead atoms. The van der Waals surface area contributed by atoms with Crippen molar-refractivity contribution in [3.63, 3.8) is 0 Å². The molecular formula is C9H10NO5PS. The van der Waals surface area contributed by atoms with Crippen molar-refractivity contribution in [2.24, 2.45) is 0 Å². The van der Waals surface area contributed by atoms with E-state index in [0.717, 1.165) is 6.26 Å². The summed E-state index contributed by atoms with van der Waals surface area (Å²) in [5.41, 5.74) is 0. The van der Waals surface area contributed by atoms with Crippen LogP contribution in [0.5, 0.6) is 5.75 Å². The van der Waals surface area contributed by atoms with Crippen LogP contribution in [-0.2, 0) is 18.9 Å². The Morgan fingerprint density at radius 2 is 1.94 bits per heavy atom. The van der Waals surface area contributed by atoms with Crippen LogP contribution >= 0.6 is 8.03 Å². The minimum Gasteiger partial charge on any atom is -0.442 e. The minimum absolute atomic E-state index is 0.286. The van der Waals surface area contributed by atoms with E-state index in [9.17, 15) is 13.0 Å². The Labute approximate surface area is 99.8 Å². The smallest absolute Gasteiger partial charge is 0.280 e. The van der Waals surface area contributed by atoms with Gasteiger partial charge in [-0.1, -0.05) is 18.2 Å². The van der Waals surface area contributed by atoms with E-state index in [4.69, 9.17) is 9.79 Å². The summed E-state index contributed by atoms with van der Waals surface area (Å²) in [6.07, 6.45) is 0.773. The first-order chi connectivity index (χ1) is 7.92. The van der Waals surface area contributed by atoms with Gasteiger partial charge in [0.25, 0.3) is 18.1 Å². The van der Waals surface area contributed by atoms with Gasteiger partial charge in [-0.3, -0.25) is 4.57 Å². The van der Waals surface area contributed by atoms with Crippen LogP contribution in [0.4, 0.5) is 0 Å². The highest BCUT2D eigenvalue weighted by molar-refractivity contribution is 7.86. The standard InChI is InChI=1S/C9H10NO5PS/c1-17(12,13)15-9(7-10)16(11)14-8-5-3-2-4-6-8/h2-6,9,16H,1H3. The van der Waals surface area contributed by atoms with Crippen molar-refractivity contribution in [3.05, 3.63) is 30.3 Å². The highest BCUT2D eigenvalue weighted by atomic mass is 32.2. The number of benzene rings is 1. The lowest BCUT2D eigenvalue weighted by molar-refractivity contribution is 0.315. The van der Waals surface area contributed by atoms with E-state index in [1.165, 1.54) is 18.2 Å². The van der Waals surface area contributed by atoms with Crippen LogP contribution in [0.25, 0.3) is 0 Å². The molecule has 92 valence electrons. The van der Waals surface area contributed by atoms with Gasteiger partial charge >= 0.3 is 0 Å². The molecule has 0 N–H and O–H groups in total. The first-order valence-electron chi connectivity index (χ1n) is 4.47. The highest BCUT2D eigenvalue weighted by Gasteiger charge is 2.23. The van der Waals surface area contributed by atoms with E-state index in [0.29, 0.717) is 0 Å². The number of rotatable bonds is 5. The maximum absolute atomic E-state index is 11.6. The predicted octanol–water partition coefficient (Wildman–Crippen LogP) is 1.37. The number of hydrogen-bond donors (Lipinski definition) is 0. The molecule has 2 atom stereocenters. The molecule has 0 spiro atoms. The lowest BCUT2D eigenvalue weighted by atomic mass is 10.3. The molecule has 0 heterocycles. The molecule has 17 heavy (non-hydrogen) atoms. The third-order valence-electron chi connectivity index (χ3n) is 1.56. The van der Waals surface area contributed by atoms with Crippen molar-refractivity contribution in [2.75, 3.05) is 6.26 Å². The third kappa shape index (κ3) is 5.00. The number of para-hydroxylation sites is 1. The van der Waals surface area contributed by atoms with E-state index >= 15 is 0 Å². The lowest BCUT2D eigenvalue weighted by Crippen LogP contribution is -2.13. The molecule has 8 heteroatoms. The molecule has 0 aromatic heterocycles. The van der Waals surface area contributed by atoms with E-state index in [2.05, 4.69) is 4.18 Å². The van der Waals surface area contributed by atoms with Gasteiger partial charge in [0.15, 0.2) is 0 Å². The van der Waals surface area contributed by atoms with Crippen LogP contribution in [-0.4, -0.2) is 20.5 Å². The summed E-state index contributed by atoms with van der Waals surface area (Å²) in [7, 11) is -6.83. The summed E-state index contributed by atoms with van der Waals surface area (Å²) < 4.78 is 42.5. The molecule has 0 saturated carbocycles. The van der Waals surface area contributed by atoms with Crippen molar-refractivity contribution in [2.45, 2.75) is 5.85 Å². The number of hydrogen-bond acceptors (Lipinski definition) is 6. The second-order valence-corrected chi connectivity index (χ2v) is 6.01. The fraction of sp³-hybridized carbons (Fsp3) is 0.222. The van der Waals surface area contributed by atoms with Crippen molar-refractivity contribution in [1.82, 2.24) is 0 Å². The highest BCUT2D eigenvalue weighted by Crippen LogP contribution is 2.32. The van der Waals surface area contributed by atoms with Gasteiger partial charge in [-0.2, -0.15) is 13.7 Å². The van der Waals surface area contributed by atoms with Gasteiger partial charge < -0.3 is 4.52 Å². The second kappa shape index (κ2) is 5.82. The Kier molecular flexibility index (Phi) is 4.70. The second-order valence-electron chi connectivity index (χ2n) is 3.04. The average Bonchev–Trinajstić information content (AvgIpc) is 2.26. The summed E-state index contributed by atoms with van der Waals surface area (Å²) in [6, 6.07) is 9.61. The zero-order valence-electron chi connectivity index (χ0n) is 8.86. The zero-order valence-corrected chi connectivity index (χ0v) is 10.7. The maximum atomic E-state index is 11.6. The molecule has 0 aliphatic heterocycles. The van der Waals surface area contributed by atoms with Crippen molar-refractivity contribution in [3.8, 4) is 11.8 Å². The maximum Gasteiger partial charge on any atom is 0.280 e. The van der Waals surface area contributed by atoms with Crippen LogP contribution in [0.1, 0.15) is 0 Å². The molecule has 2 unspecified atom stereocenters. The van der Waals surface area contributed by atoms with Crippen LogP contribution in [0, 0.1) is 11.3 Å². The number of nitrogens with zero attached hydrogens (tertiary/aromatic N) is 1. The molecule has 0 aliphatic rings. The van der Waals surface area contributed by atoms with Crippen LogP contribution < -0.4 is 4.52 Å². The molecule has 0 amide bonds. The minimum atomic E-state index is -3.85. The van der Waals surface area contributed by atoms with E-state index in [1.54, 1.807) is 18.2 Å². The van der Waals surface area contributed by atoms with Gasteiger partial charge in [-0.15, -0.1) is 0 Å². The van der Waals surface area contributed by atoms with Crippen molar-refractivity contribution in [1.29, 1.82) is 5.26 Å². The topological polar surface area (TPSA) is 93.5 Å². The summed E-state index contributed by atoms with van der Waals surface area (Å²) >= 11 is 0. The molecule has 1 rings (SSSR count). The molecule has 0 saturated heterocycles. The van der Waals surface area contributed by atoms with Crippen LogP contribution in [0.2, 0.25) is 0 Å². The zero-order chi connectivity index (χ0) is 12.9. The Hall–Kier alpha value is -1.35. The Morgan fingerprint density at radius 1 is 1.35 bits per heavy atom. The fourth-order valence-corrected chi connectivity index (χ4v) is 2.76. The van der Waals surface area contributed by atoms with E-state index in [1.807, 2.05) is 0 Å². The van der Waals surface area contributed by atoms with Gasteiger partial charge in [-0.25, -0.2) is 4.18 Å². The quantitative estimate of drug-likeness (QED) is 0.595.